The summed E-state index contributed by atoms with van der Waals surface area (Å²) in [4.78, 5) is 33.4. The Hall–Kier alpha value is -3.71. The van der Waals surface area contributed by atoms with E-state index in [0.29, 0.717) is 53.8 Å². The predicted molar refractivity (Wildman–Crippen MR) is 132 cm³/mol. The van der Waals surface area contributed by atoms with Crippen LogP contribution < -0.4 is 5.32 Å². The van der Waals surface area contributed by atoms with Gasteiger partial charge in [-0.15, -0.1) is 11.3 Å². The minimum Gasteiger partial charge on any atom is -0.462 e. The maximum absolute atomic E-state index is 13.5. The average Bonchev–Trinajstić information content (AvgIpc) is 3.59. The van der Waals surface area contributed by atoms with Crippen LogP contribution in [0.5, 0.6) is 0 Å². The third-order valence-electron chi connectivity index (χ3n) is 6.06. The first-order valence-corrected chi connectivity index (χ1v) is 12.2. The molecule has 0 spiro atoms. The van der Waals surface area contributed by atoms with E-state index < -0.39 is 0 Å². The molecular weight excluding hydrogens is 446 g/mol. The Kier molecular flexibility index (Phi) is 6.53. The topological polar surface area (TPSA) is 75.4 Å². The van der Waals surface area contributed by atoms with Crippen molar-refractivity contribution in [1.29, 1.82) is 0 Å². The number of carbonyl (C=O) groups excluding carboxylic acids is 2. The first-order chi connectivity index (χ1) is 16.7. The van der Waals surface area contributed by atoms with Gasteiger partial charge in [-0.2, -0.15) is 0 Å². The van der Waals surface area contributed by atoms with Crippen LogP contribution in [0.15, 0.2) is 83.5 Å². The molecule has 0 radical (unpaired) electrons. The number of furan rings is 1. The Morgan fingerprint density at radius 1 is 0.971 bits per heavy atom. The molecule has 172 valence electrons. The Balaban J connectivity index is 1.27. The summed E-state index contributed by atoms with van der Waals surface area (Å²) in [5.41, 5.74) is 2.65. The summed E-state index contributed by atoms with van der Waals surface area (Å²) in [6.45, 7) is 1.62. The molecule has 0 bridgehead atoms. The summed E-state index contributed by atoms with van der Waals surface area (Å²) in [7, 11) is 0. The van der Waals surface area contributed by atoms with Crippen molar-refractivity contribution >= 4 is 23.2 Å². The van der Waals surface area contributed by atoms with Gasteiger partial charge in [0.25, 0.3) is 5.91 Å². The first kappa shape index (κ1) is 22.1. The van der Waals surface area contributed by atoms with Crippen molar-refractivity contribution in [3.8, 4) is 22.0 Å². The third-order valence-corrected chi connectivity index (χ3v) is 7.12. The quantitative estimate of drug-likeness (QED) is 0.417. The van der Waals surface area contributed by atoms with E-state index in [1.54, 1.807) is 6.26 Å². The molecule has 34 heavy (non-hydrogen) atoms. The van der Waals surface area contributed by atoms with E-state index in [1.807, 2.05) is 77.7 Å². The van der Waals surface area contributed by atoms with Gasteiger partial charge in [-0.05, 0) is 30.5 Å². The number of benzene rings is 2. The second-order valence-electron chi connectivity index (χ2n) is 8.31. The molecule has 2 aromatic heterocycles. The van der Waals surface area contributed by atoms with Crippen LogP contribution in [0.1, 0.15) is 28.1 Å². The highest BCUT2D eigenvalue weighted by molar-refractivity contribution is 7.17. The Morgan fingerprint density at radius 2 is 1.68 bits per heavy atom. The molecule has 0 atom stereocenters. The number of nitrogens with one attached hydrogen (secondary N) is 1. The van der Waals surface area contributed by atoms with Crippen molar-refractivity contribution in [2.75, 3.05) is 13.1 Å². The number of amides is 2. The molecule has 0 saturated carbocycles. The van der Waals surface area contributed by atoms with Crippen molar-refractivity contribution in [3.63, 3.8) is 0 Å². The van der Waals surface area contributed by atoms with Gasteiger partial charge < -0.3 is 14.6 Å². The van der Waals surface area contributed by atoms with Gasteiger partial charge >= 0.3 is 0 Å². The molecule has 1 aliphatic heterocycles. The Labute approximate surface area is 202 Å². The Morgan fingerprint density at radius 3 is 2.35 bits per heavy atom. The summed E-state index contributed by atoms with van der Waals surface area (Å²) < 4.78 is 5.52. The summed E-state index contributed by atoms with van der Waals surface area (Å²) in [5.74, 6) is 0.577. The number of likely N-dealkylation sites (tertiary alicyclic amines) is 1. The molecule has 1 saturated heterocycles. The number of rotatable bonds is 6. The molecule has 0 unspecified atom stereocenters. The largest absolute Gasteiger partial charge is 0.462 e. The van der Waals surface area contributed by atoms with Gasteiger partial charge in [-0.1, -0.05) is 60.7 Å². The van der Waals surface area contributed by atoms with Crippen LogP contribution in [0.4, 0.5) is 0 Å². The molecule has 1 fully saturated rings. The molecule has 5 rings (SSSR count). The molecule has 2 aromatic carbocycles. The van der Waals surface area contributed by atoms with E-state index in [-0.39, 0.29) is 17.7 Å². The van der Waals surface area contributed by atoms with E-state index in [0.717, 1.165) is 11.1 Å². The molecule has 1 aliphatic rings. The monoisotopic (exact) mass is 471 g/mol. The molecule has 0 aliphatic carbocycles. The van der Waals surface area contributed by atoms with Gasteiger partial charge in [0, 0.05) is 31.1 Å². The van der Waals surface area contributed by atoms with Gasteiger partial charge in [-0.25, -0.2) is 4.98 Å². The lowest BCUT2D eigenvalue weighted by molar-refractivity contribution is -0.126. The molecule has 6 nitrogen and oxygen atoms in total. The SMILES string of the molecule is O=C(NCc1ccccc1)C1CCN(C(=O)c2sc(-c3ccco3)nc2-c2ccccc2)CC1. The van der Waals surface area contributed by atoms with Crippen molar-refractivity contribution < 1.29 is 14.0 Å². The second kappa shape index (κ2) is 10.1. The van der Waals surface area contributed by atoms with Crippen LogP contribution in [-0.2, 0) is 11.3 Å². The van der Waals surface area contributed by atoms with Crippen LogP contribution in [0, 0.1) is 5.92 Å². The lowest BCUT2D eigenvalue weighted by atomic mass is 9.95. The maximum Gasteiger partial charge on any atom is 0.266 e. The summed E-state index contributed by atoms with van der Waals surface area (Å²) >= 11 is 1.35. The standard InChI is InChI=1S/C27H25N3O3S/c31-25(28-18-19-8-3-1-4-9-19)21-13-15-30(16-14-21)27(32)24-23(20-10-5-2-6-11-20)29-26(34-24)22-12-7-17-33-22/h1-12,17,21H,13-16,18H2,(H,28,31). The second-order valence-corrected chi connectivity index (χ2v) is 9.31. The predicted octanol–water partition coefficient (Wildman–Crippen LogP) is 5.24. The number of piperidine rings is 1. The highest BCUT2D eigenvalue weighted by Crippen LogP contribution is 2.35. The molecule has 7 heteroatoms. The van der Waals surface area contributed by atoms with Gasteiger partial charge in [-0.3, -0.25) is 9.59 Å². The van der Waals surface area contributed by atoms with Crippen LogP contribution in [0.25, 0.3) is 22.0 Å². The van der Waals surface area contributed by atoms with E-state index in [1.165, 1.54) is 11.3 Å². The highest BCUT2D eigenvalue weighted by Gasteiger charge is 2.30. The summed E-state index contributed by atoms with van der Waals surface area (Å²) in [6, 6.07) is 23.3. The first-order valence-electron chi connectivity index (χ1n) is 11.4. The number of nitrogens with zero attached hydrogens (tertiary/aromatic N) is 2. The number of hydrogen-bond acceptors (Lipinski definition) is 5. The van der Waals surface area contributed by atoms with Gasteiger partial charge in [0.15, 0.2) is 10.8 Å². The van der Waals surface area contributed by atoms with Crippen LogP contribution >= 0.6 is 11.3 Å². The smallest absolute Gasteiger partial charge is 0.266 e. The normalized spacial score (nSPS) is 14.2. The highest BCUT2D eigenvalue weighted by atomic mass is 32.1. The van der Waals surface area contributed by atoms with E-state index in [9.17, 15) is 9.59 Å². The van der Waals surface area contributed by atoms with Crippen molar-refractivity contribution in [1.82, 2.24) is 15.2 Å². The number of aromatic nitrogens is 1. The zero-order chi connectivity index (χ0) is 23.3. The number of thiazole rings is 1. The number of hydrogen-bond donors (Lipinski definition) is 1. The molecule has 2 amide bonds. The fraction of sp³-hybridized carbons (Fsp3) is 0.222. The van der Waals surface area contributed by atoms with Gasteiger partial charge in [0.05, 0.1) is 12.0 Å². The minimum atomic E-state index is -0.0819. The van der Waals surface area contributed by atoms with Crippen molar-refractivity contribution in [2.45, 2.75) is 19.4 Å². The zero-order valence-electron chi connectivity index (χ0n) is 18.6. The average molecular weight is 472 g/mol. The maximum atomic E-state index is 13.5. The van der Waals surface area contributed by atoms with E-state index in [4.69, 9.17) is 9.40 Å². The molecular formula is C27H25N3O3S. The fourth-order valence-corrected chi connectivity index (χ4v) is 5.20. The fourth-order valence-electron chi connectivity index (χ4n) is 4.18. The van der Waals surface area contributed by atoms with E-state index in [2.05, 4.69) is 5.32 Å². The number of carbonyl (C=O) groups is 2. The Bertz CT molecular complexity index is 1250. The summed E-state index contributed by atoms with van der Waals surface area (Å²) in [5, 5.41) is 3.72. The van der Waals surface area contributed by atoms with Crippen LogP contribution in [-0.4, -0.2) is 34.8 Å². The van der Waals surface area contributed by atoms with Crippen LogP contribution in [0.3, 0.4) is 0 Å². The molecule has 4 aromatic rings. The van der Waals surface area contributed by atoms with E-state index >= 15 is 0 Å². The summed E-state index contributed by atoms with van der Waals surface area (Å²) in [6.07, 6.45) is 2.90. The molecule has 3 heterocycles. The van der Waals surface area contributed by atoms with Crippen molar-refractivity contribution in [2.24, 2.45) is 5.92 Å². The lowest BCUT2D eigenvalue weighted by Gasteiger charge is -2.31. The van der Waals surface area contributed by atoms with Crippen LogP contribution in [0.2, 0.25) is 0 Å². The van der Waals surface area contributed by atoms with Gasteiger partial charge in [0.1, 0.15) is 4.88 Å². The lowest BCUT2D eigenvalue weighted by Crippen LogP contribution is -2.42. The minimum absolute atomic E-state index is 0.0442. The van der Waals surface area contributed by atoms with Gasteiger partial charge in [0.2, 0.25) is 5.91 Å². The zero-order valence-corrected chi connectivity index (χ0v) is 19.5. The third kappa shape index (κ3) is 4.79. The van der Waals surface area contributed by atoms with Crippen molar-refractivity contribution in [3.05, 3.63) is 89.5 Å². The molecule has 1 N–H and O–H groups in total.